The van der Waals surface area contributed by atoms with Crippen LogP contribution in [-0.4, -0.2) is 71.5 Å². The van der Waals surface area contributed by atoms with Gasteiger partial charge in [0, 0.05) is 51.7 Å². The van der Waals surface area contributed by atoms with Crippen molar-refractivity contribution >= 4 is 11.9 Å². The number of aromatic nitrogens is 2. The van der Waals surface area contributed by atoms with E-state index < -0.39 is 0 Å². The Kier molecular flexibility index (Phi) is 6.39. The molecule has 0 bridgehead atoms. The topological polar surface area (TPSA) is 52.6 Å². The smallest absolute Gasteiger partial charge is 0.257 e. The number of anilines is 1. The summed E-state index contributed by atoms with van der Waals surface area (Å²) in [6, 6.07) is 10.7. The Hall–Kier alpha value is -2.47. The number of hydrogen-bond acceptors (Lipinski definition) is 5. The summed E-state index contributed by atoms with van der Waals surface area (Å²) in [6.45, 7) is 8.61. The van der Waals surface area contributed by atoms with Gasteiger partial charge < -0.3 is 14.7 Å². The Morgan fingerprint density at radius 2 is 1.62 bits per heavy atom. The molecule has 1 aromatic carbocycles. The quantitative estimate of drug-likeness (QED) is 0.782. The Bertz CT molecular complexity index is 779. The third-order valence-corrected chi connectivity index (χ3v) is 6.26. The minimum absolute atomic E-state index is 0.0499. The average Bonchev–Trinajstić information content (AvgIpc) is 2.80. The lowest BCUT2D eigenvalue weighted by molar-refractivity contribution is 0.0642. The molecular formula is C23H31N5O. The van der Waals surface area contributed by atoms with Crippen molar-refractivity contribution < 1.29 is 4.79 Å². The van der Waals surface area contributed by atoms with Crippen LogP contribution >= 0.6 is 0 Å². The number of piperidine rings is 1. The molecule has 154 valence electrons. The van der Waals surface area contributed by atoms with Gasteiger partial charge in [0.25, 0.3) is 5.91 Å². The van der Waals surface area contributed by atoms with E-state index in [0.29, 0.717) is 5.56 Å². The van der Waals surface area contributed by atoms with Crippen molar-refractivity contribution in [3.05, 3.63) is 53.9 Å². The number of carbonyl (C=O) groups is 1. The normalized spacial score (nSPS) is 18.8. The van der Waals surface area contributed by atoms with Gasteiger partial charge in [0.1, 0.15) is 0 Å². The fraction of sp³-hybridized carbons (Fsp3) is 0.522. The van der Waals surface area contributed by atoms with Crippen molar-refractivity contribution in [2.75, 3.05) is 50.7 Å². The second-order valence-corrected chi connectivity index (χ2v) is 8.12. The van der Waals surface area contributed by atoms with Gasteiger partial charge in [-0.25, -0.2) is 9.97 Å². The van der Waals surface area contributed by atoms with E-state index in [1.807, 2.05) is 4.90 Å². The van der Waals surface area contributed by atoms with Gasteiger partial charge in [-0.2, -0.15) is 0 Å². The fourth-order valence-corrected chi connectivity index (χ4v) is 4.33. The summed E-state index contributed by atoms with van der Waals surface area (Å²) in [5, 5.41) is 0. The van der Waals surface area contributed by atoms with E-state index in [2.05, 4.69) is 57.0 Å². The van der Waals surface area contributed by atoms with Crippen LogP contribution in [0.25, 0.3) is 0 Å². The van der Waals surface area contributed by atoms with Crippen LogP contribution in [0.5, 0.6) is 0 Å². The Balaban J connectivity index is 1.29. The summed E-state index contributed by atoms with van der Waals surface area (Å²) in [6.07, 6.45) is 6.86. The van der Waals surface area contributed by atoms with E-state index >= 15 is 0 Å². The van der Waals surface area contributed by atoms with Gasteiger partial charge in [0.05, 0.1) is 5.56 Å². The van der Waals surface area contributed by atoms with Gasteiger partial charge in [0.15, 0.2) is 0 Å². The summed E-state index contributed by atoms with van der Waals surface area (Å²) in [4.78, 5) is 28.3. The minimum Gasteiger partial charge on any atom is -0.341 e. The van der Waals surface area contributed by atoms with Crippen molar-refractivity contribution in [3.8, 4) is 0 Å². The molecule has 2 aliphatic rings. The molecule has 6 nitrogen and oxygen atoms in total. The Morgan fingerprint density at radius 3 is 2.24 bits per heavy atom. The molecule has 0 aliphatic carbocycles. The highest BCUT2D eigenvalue weighted by atomic mass is 16.2. The van der Waals surface area contributed by atoms with Gasteiger partial charge in [-0.1, -0.05) is 37.3 Å². The van der Waals surface area contributed by atoms with Crippen LogP contribution in [0, 0.1) is 5.92 Å². The largest absolute Gasteiger partial charge is 0.341 e. The summed E-state index contributed by atoms with van der Waals surface area (Å²) in [5.74, 6) is 1.51. The van der Waals surface area contributed by atoms with Crippen LogP contribution in [0.3, 0.4) is 0 Å². The highest BCUT2D eigenvalue weighted by Crippen LogP contribution is 2.24. The van der Waals surface area contributed by atoms with Crippen LogP contribution in [0.1, 0.15) is 35.7 Å². The van der Waals surface area contributed by atoms with Gasteiger partial charge in [-0.05, 0) is 37.3 Å². The highest BCUT2D eigenvalue weighted by Gasteiger charge is 2.24. The maximum Gasteiger partial charge on any atom is 0.257 e. The van der Waals surface area contributed by atoms with Crippen LogP contribution in [0.4, 0.5) is 5.95 Å². The van der Waals surface area contributed by atoms with Gasteiger partial charge in [-0.15, -0.1) is 0 Å². The van der Waals surface area contributed by atoms with E-state index in [9.17, 15) is 4.79 Å². The van der Waals surface area contributed by atoms with Crippen LogP contribution in [-0.2, 0) is 6.42 Å². The molecule has 0 N–H and O–H groups in total. The predicted molar refractivity (Wildman–Crippen MR) is 115 cm³/mol. The van der Waals surface area contributed by atoms with Crippen molar-refractivity contribution in [2.24, 2.45) is 5.92 Å². The Morgan fingerprint density at radius 1 is 0.966 bits per heavy atom. The molecule has 0 spiro atoms. The minimum atomic E-state index is 0.0499. The lowest BCUT2D eigenvalue weighted by Crippen LogP contribution is -2.48. The van der Waals surface area contributed by atoms with E-state index in [4.69, 9.17) is 0 Å². The third-order valence-electron chi connectivity index (χ3n) is 6.26. The second kappa shape index (κ2) is 9.35. The second-order valence-electron chi connectivity index (χ2n) is 8.12. The third kappa shape index (κ3) is 4.93. The zero-order chi connectivity index (χ0) is 20.1. The predicted octanol–water partition coefficient (Wildman–Crippen LogP) is 2.71. The van der Waals surface area contributed by atoms with Gasteiger partial charge >= 0.3 is 0 Å². The number of piperazine rings is 1. The maximum atomic E-state index is 12.7. The summed E-state index contributed by atoms with van der Waals surface area (Å²) >= 11 is 0. The SMILES string of the molecule is CCN1CCN(C(=O)c2cnc(N3CCC(Cc4ccccc4)CC3)nc2)CC1. The number of nitrogens with zero attached hydrogens (tertiary/aromatic N) is 5. The zero-order valence-electron chi connectivity index (χ0n) is 17.3. The van der Waals surface area contributed by atoms with Crippen molar-refractivity contribution in [1.82, 2.24) is 19.8 Å². The van der Waals surface area contributed by atoms with E-state index in [-0.39, 0.29) is 5.91 Å². The summed E-state index contributed by atoms with van der Waals surface area (Å²) < 4.78 is 0. The first-order valence-corrected chi connectivity index (χ1v) is 10.9. The number of rotatable bonds is 5. The maximum absolute atomic E-state index is 12.7. The average molecular weight is 394 g/mol. The first-order chi connectivity index (χ1) is 14.2. The van der Waals surface area contributed by atoms with E-state index in [1.54, 1.807) is 12.4 Å². The Labute approximate surface area is 173 Å². The molecule has 2 saturated heterocycles. The first-order valence-electron chi connectivity index (χ1n) is 10.9. The molecule has 4 rings (SSSR count). The molecule has 0 saturated carbocycles. The number of likely N-dealkylation sites (N-methyl/N-ethyl adjacent to an activating group) is 1. The molecule has 6 heteroatoms. The zero-order valence-corrected chi connectivity index (χ0v) is 17.3. The standard InChI is InChI=1S/C23H31N5O/c1-2-26-12-14-27(15-13-26)22(29)21-17-24-23(25-18-21)28-10-8-20(9-11-28)16-19-6-4-3-5-7-19/h3-7,17-18,20H,2,8-16H2,1H3. The lowest BCUT2D eigenvalue weighted by atomic mass is 9.90. The van der Waals surface area contributed by atoms with Crippen LogP contribution < -0.4 is 4.90 Å². The summed E-state index contributed by atoms with van der Waals surface area (Å²) in [7, 11) is 0. The van der Waals surface area contributed by atoms with Gasteiger partial charge in [-0.3, -0.25) is 4.79 Å². The van der Waals surface area contributed by atoms with E-state index in [1.165, 1.54) is 5.56 Å². The molecule has 0 atom stereocenters. The number of carbonyl (C=O) groups excluding carboxylic acids is 1. The van der Waals surface area contributed by atoms with Crippen molar-refractivity contribution in [3.63, 3.8) is 0 Å². The molecular weight excluding hydrogens is 362 g/mol. The van der Waals surface area contributed by atoms with Crippen molar-refractivity contribution in [2.45, 2.75) is 26.2 Å². The number of benzene rings is 1. The molecule has 2 aromatic rings. The fourth-order valence-electron chi connectivity index (χ4n) is 4.33. The highest BCUT2D eigenvalue weighted by molar-refractivity contribution is 5.93. The molecule has 1 amide bonds. The molecule has 2 aliphatic heterocycles. The molecule has 0 radical (unpaired) electrons. The monoisotopic (exact) mass is 393 g/mol. The van der Waals surface area contributed by atoms with Crippen LogP contribution in [0.2, 0.25) is 0 Å². The van der Waals surface area contributed by atoms with Crippen molar-refractivity contribution in [1.29, 1.82) is 0 Å². The molecule has 0 unspecified atom stereocenters. The number of amides is 1. The number of hydrogen-bond donors (Lipinski definition) is 0. The molecule has 3 heterocycles. The van der Waals surface area contributed by atoms with Crippen LogP contribution in [0.15, 0.2) is 42.7 Å². The van der Waals surface area contributed by atoms with Gasteiger partial charge in [0.2, 0.25) is 5.95 Å². The summed E-state index contributed by atoms with van der Waals surface area (Å²) in [5.41, 5.74) is 2.02. The molecule has 2 fully saturated rings. The van der Waals surface area contributed by atoms with E-state index in [0.717, 1.165) is 76.9 Å². The molecule has 1 aromatic heterocycles. The lowest BCUT2D eigenvalue weighted by Gasteiger charge is -2.34. The first kappa shape index (κ1) is 19.8. The molecule has 29 heavy (non-hydrogen) atoms.